The van der Waals surface area contributed by atoms with Crippen LogP contribution in [0.5, 0.6) is 0 Å². The lowest BCUT2D eigenvalue weighted by Gasteiger charge is -2.15. The van der Waals surface area contributed by atoms with Crippen LogP contribution in [-0.4, -0.2) is 28.0 Å². The van der Waals surface area contributed by atoms with Crippen LogP contribution < -0.4 is 0 Å². The van der Waals surface area contributed by atoms with E-state index in [9.17, 15) is 4.79 Å². The van der Waals surface area contributed by atoms with Gasteiger partial charge in [-0.1, -0.05) is 52.9 Å². The van der Waals surface area contributed by atoms with Gasteiger partial charge in [0, 0.05) is 17.0 Å². The molecule has 0 saturated carbocycles. The molecule has 0 bridgehead atoms. The third kappa shape index (κ3) is 3.10. The Bertz CT molecular complexity index is 355. The van der Waals surface area contributed by atoms with Gasteiger partial charge in [-0.25, -0.2) is 4.79 Å². The number of rotatable bonds is 2. The van der Waals surface area contributed by atoms with Gasteiger partial charge in [0.15, 0.2) is 0 Å². The average Bonchev–Trinajstić information content (AvgIpc) is 2.74. The number of nitrogens with zero attached hydrogens (tertiary/aromatic N) is 1. The van der Waals surface area contributed by atoms with Crippen molar-refractivity contribution in [3.8, 4) is 0 Å². The molecule has 0 spiro atoms. The fourth-order valence-electron chi connectivity index (χ4n) is 1.69. The summed E-state index contributed by atoms with van der Waals surface area (Å²) in [5.74, 6) is 0. The normalized spacial score (nSPS) is 19.8. The average molecular weight is 331 g/mol. The molecule has 0 aliphatic carbocycles. The van der Waals surface area contributed by atoms with Gasteiger partial charge in [-0.15, -0.1) is 0 Å². The number of alkyl halides is 1. The molecule has 0 radical (unpaired) electrons. The lowest BCUT2D eigenvalue weighted by molar-refractivity contribution is 0.104. The van der Waals surface area contributed by atoms with Gasteiger partial charge < -0.3 is 9.64 Å². The molecule has 1 heterocycles. The molecular weight excluding hydrogens is 317 g/mol. The predicted octanol–water partition coefficient (Wildman–Crippen LogP) is 2.83. The van der Waals surface area contributed by atoms with Crippen molar-refractivity contribution in [2.75, 3.05) is 13.1 Å². The highest BCUT2D eigenvalue weighted by Crippen LogP contribution is 2.18. The smallest absolute Gasteiger partial charge is 0.410 e. The number of carbonyl (C=O) groups excluding carboxylic acids is 1. The zero-order valence-corrected chi connectivity index (χ0v) is 11.1. The van der Waals surface area contributed by atoms with Gasteiger partial charge >= 0.3 is 6.09 Å². The second-order valence-corrected chi connectivity index (χ2v) is 5.63. The first-order valence-electron chi connectivity index (χ1n) is 5.35. The first-order chi connectivity index (χ1) is 7.75. The van der Waals surface area contributed by atoms with Crippen LogP contribution in [0.15, 0.2) is 30.3 Å². The van der Waals surface area contributed by atoms with Crippen molar-refractivity contribution >= 4 is 28.7 Å². The summed E-state index contributed by atoms with van der Waals surface area (Å²) in [7, 11) is 0. The molecule has 0 aromatic heterocycles. The second kappa shape index (κ2) is 5.52. The van der Waals surface area contributed by atoms with E-state index in [-0.39, 0.29) is 6.09 Å². The van der Waals surface area contributed by atoms with Gasteiger partial charge in [0.2, 0.25) is 0 Å². The predicted molar refractivity (Wildman–Crippen MR) is 70.6 cm³/mol. The topological polar surface area (TPSA) is 29.5 Å². The van der Waals surface area contributed by atoms with Crippen LogP contribution in [0.2, 0.25) is 0 Å². The van der Waals surface area contributed by atoms with Crippen molar-refractivity contribution in [2.24, 2.45) is 0 Å². The SMILES string of the molecule is O=C(OCc1ccccc1)N1CCC(I)C1. The number of amides is 1. The van der Waals surface area contributed by atoms with Crippen molar-refractivity contribution in [2.45, 2.75) is 17.0 Å². The maximum Gasteiger partial charge on any atom is 0.410 e. The van der Waals surface area contributed by atoms with E-state index < -0.39 is 0 Å². The molecule has 1 aromatic carbocycles. The summed E-state index contributed by atoms with van der Waals surface area (Å²) >= 11 is 2.37. The minimum atomic E-state index is -0.192. The lowest BCUT2D eigenvalue weighted by atomic mass is 10.2. The van der Waals surface area contributed by atoms with E-state index in [1.165, 1.54) is 0 Å². The Balaban J connectivity index is 1.80. The highest BCUT2D eigenvalue weighted by molar-refractivity contribution is 14.1. The number of hydrogen-bond acceptors (Lipinski definition) is 2. The highest BCUT2D eigenvalue weighted by atomic mass is 127. The zero-order valence-electron chi connectivity index (χ0n) is 8.93. The number of carbonyl (C=O) groups is 1. The summed E-state index contributed by atoms with van der Waals surface area (Å²) in [6, 6.07) is 9.75. The Hall–Kier alpha value is -0.780. The number of hydrogen-bond donors (Lipinski definition) is 0. The first-order valence-corrected chi connectivity index (χ1v) is 6.60. The second-order valence-electron chi connectivity index (χ2n) is 3.87. The molecule has 1 saturated heterocycles. The molecule has 1 aromatic rings. The minimum absolute atomic E-state index is 0.192. The summed E-state index contributed by atoms with van der Waals surface area (Å²) in [6.07, 6.45) is 0.879. The summed E-state index contributed by atoms with van der Waals surface area (Å²) in [6.45, 7) is 2.00. The molecule has 0 N–H and O–H groups in total. The van der Waals surface area contributed by atoms with Crippen LogP contribution in [0.1, 0.15) is 12.0 Å². The Morgan fingerprint density at radius 2 is 2.19 bits per heavy atom. The maximum absolute atomic E-state index is 11.7. The summed E-state index contributed by atoms with van der Waals surface area (Å²) in [5.41, 5.74) is 1.03. The van der Waals surface area contributed by atoms with E-state index in [1.807, 2.05) is 30.3 Å². The van der Waals surface area contributed by atoms with Gasteiger partial charge in [0.25, 0.3) is 0 Å². The number of halogens is 1. The van der Waals surface area contributed by atoms with Gasteiger partial charge in [-0.3, -0.25) is 0 Å². The largest absolute Gasteiger partial charge is 0.445 e. The van der Waals surface area contributed by atoms with Crippen molar-refractivity contribution < 1.29 is 9.53 Å². The van der Waals surface area contributed by atoms with Crippen molar-refractivity contribution in [3.63, 3.8) is 0 Å². The Labute approximate surface area is 109 Å². The minimum Gasteiger partial charge on any atom is -0.445 e. The Morgan fingerprint density at radius 1 is 1.44 bits per heavy atom. The van der Waals surface area contributed by atoms with Crippen LogP contribution >= 0.6 is 22.6 Å². The summed E-state index contributed by atoms with van der Waals surface area (Å²) < 4.78 is 5.82. The van der Waals surface area contributed by atoms with Gasteiger partial charge in [-0.2, -0.15) is 0 Å². The third-order valence-electron chi connectivity index (χ3n) is 2.59. The molecular formula is C12H14INO2. The number of likely N-dealkylation sites (tertiary alicyclic amines) is 1. The summed E-state index contributed by atoms with van der Waals surface area (Å²) in [5, 5.41) is 0. The molecule has 1 unspecified atom stereocenters. The fourth-order valence-corrected chi connectivity index (χ4v) is 2.45. The molecule has 1 atom stereocenters. The fraction of sp³-hybridized carbons (Fsp3) is 0.417. The van der Waals surface area contributed by atoms with E-state index >= 15 is 0 Å². The van der Waals surface area contributed by atoms with Gasteiger partial charge in [-0.05, 0) is 12.0 Å². The van der Waals surface area contributed by atoms with E-state index in [2.05, 4.69) is 22.6 Å². The van der Waals surface area contributed by atoms with Gasteiger partial charge in [0.05, 0.1) is 0 Å². The van der Waals surface area contributed by atoms with Crippen LogP contribution in [0.4, 0.5) is 4.79 Å². The molecule has 1 fully saturated rings. The quantitative estimate of drug-likeness (QED) is 0.616. The molecule has 1 aliphatic rings. The van der Waals surface area contributed by atoms with Crippen molar-refractivity contribution in [3.05, 3.63) is 35.9 Å². The number of ether oxygens (including phenoxy) is 1. The van der Waals surface area contributed by atoms with Crippen molar-refractivity contribution in [1.29, 1.82) is 0 Å². The standard InChI is InChI=1S/C12H14INO2/c13-11-6-7-14(8-11)12(15)16-9-10-4-2-1-3-5-10/h1-5,11H,6-9H2. The van der Waals surface area contributed by atoms with E-state index in [1.54, 1.807) is 4.90 Å². The highest BCUT2D eigenvalue weighted by Gasteiger charge is 2.25. The maximum atomic E-state index is 11.7. The first kappa shape index (κ1) is 11.7. The van der Waals surface area contributed by atoms with Crippen LogP contribution in [0.25, 0.3) is 0 Å². The molecule has 16 heavy (non-hydrogen) atoms. The molecule has 3 nitrogen and oxygen atoms in total. The lowest BCUT2D eigenvalue weighted by Crippen LogP contribution is -2.29. The van der Waals surface area contributed by atoms with E-state index in [4.69, 9.17) is 4.74 Å². The van der Waals surface area contributed by atoms with E-state index in [0.717, 1.165) is 25.1 Å². The molecule has 2 rings (SSSR count). The monoisotopic (exact) mass is 331 g/mol. The van der Waals surface area contributed by atoms with Gasteiger partial charge in [0.1, 0.15) is 6.61 Å². The molecule has 4 heteroatoms. The van der Waals surface area contributed by atoms with Crippen LogP contribution in [0, 0.1) is 0 Å². The zero-order chi connectivity index (χ0) is 11.4. The van der Waals surface area contributed by atoms with Crippen molar-refractivity contribution in [1.82, 2.24) is 4.90 Å². The molecule has 1 amide bonds. The Kier molecular flexibility index (Phi) is 4.04. The molecule has 86 valence electrons. The number of benzene rings is 1. The third-order valence-corrected chi connectivity index (χ3v) is 3.61. The molecule has 1 aliphatic heterocycles. The van der Waals surface area contributed by atoms with E-state index in [0.29, 0.717) is 10.5 Å². The Morgan fingerprint density at radius 3 is 2.81 bits per heavy atom. The summed E-state index contributed by atoms with van der Waals surface area (Å²) in [4.78, 5) is 13.4. The van der Waals surface area contributed by atoms with Crippen LogP contribution in [0.3, 0.4) is 0 Å². The van der Waals surface area contributed by atoms with Crippen LogP contribution in [-0.2, 0) is 11.3 Å².